The molecule has 0 aliphatic heterocycles. The molecule has 1 rings (SSSR count). The van der Waals surface area contributed by atoms with Crippen molar-refractivity contribution >= 4 is 24.5 Å². The van der Waals surface area contributed by atoms with Crippen LogP contribution in [0.4, 0.5) is 0 Å². The van der Waals surface area contributed by atoms with E-state index in [4.69, 9.17) is 4.74 Å². The molecule has 0 radical (unpaired) electrons. The van der Waals surface area contributed by atoms with Crippen molar-refractivity contribution in [2.75, 3.05) is 12.4 Å². The number of carbonyl (C=O) groups is 2. The maximum atomic E-state index is 11.8. The highest BCUT2D eigenvalue weighted by Gasteiger charge is 2.21. The SMILES string of the molecule is CC(=O)N[C@@H](CS)C(=O)OCC1CCCCCC1. The summed E-state index contributed by atoms with van der Waals surface area (Å²) in [5.74, 6) is 0.141. The highest BCUT2D eigenvalue weighted by molar-refractivity contribution is 7.80. The Morgan fingerprint density at radius 2 is 1.89 bits per heavy atom. The van der Waals surface area contributed by atoms with E-state index in [9.17, 15) is 9.59 Å². The highest BCUT2D eigenvalue weighted by atomic mass is 32.1. The second kappa shape index (κ2) is 8.40. The third-order valence-electron chi connectivity index (χ3n) is 3.28. The molecule has 0 aromatic carbocycles. The minimum atomic E-state index is -0.628. The first-order valence-electron chi connectivity index (χ1n) is 6.68. The van der Waals surface area contributed by atoms with Gasteiger partial charge in [-0.25, -0.2) is 4.79 Å². The Kier molecular flexibility index (Phi) is 7.16. The molecular formula is C13H23NO3S. The number of amides is 1. The van der Waals surface area contributed by atoms with Crippen LogP contribution in [0.3, 0.4) is 0 Å². The molecule has 0 spiro atoms. The van der Waals surface area contributed by atoms with E-state index in [1.807, 2.05) is 0 Å². The van der Waals surface area contributed by atoms with Gasteiger partial charge in [0.05, 0.1) is 6.61 Å². The Morgan fingerprint density at radius 1 is 1.28 bits per heavy atom. The number of esters is 1. The lowest BCUT2D eigenvalue weighted by atomic mass is 10.0. The predicted octanol–water partition coefficient (Wildman–Crippen LogP) is 1.93. The van der Waals surface area contributed by atoms with Gasteiger partial charge in [0, 0.05) is 12.7 Å². The molecule has 104 valence electrons. The Labute approximate surface area is 114 Å². The quantitative estimate of drug-likeness (QED) is 0.457. The third kappa shape index (κ3) is 5.76. The van der Waals surface area contributed by atoms with Gasteiger partial charge >= 0.3 is 5.97 Å². The summed E-state index contributed by atoms with van der Waals surface area (Å²) in [6.45, 7) is 1.86. The molecule has 1 aliphatic rings. The van der Waals surface area contributed by atoms with Crippen LogP contribution in [-0.4, -0.2) is 30.3 Å². The van der Waals surface area contributed by atoms with Crippen molar-refractivity contribution in [1.29, 1.82) is 0 Å². The molecule has 1 atom stereocenters. The lowest BCUT2D eigenvalue weighted by molar-refractivity contribution is -0.148. The van der Waals surface area contributed by atoms with E-state index in [1.165, 1.54) is 32.6 Å². The predicted molar refractivity (Wildman–Crippen MR) is 73.6 cm³/mol. The number of ether oxygens (including phenoxy) is 1. The number of thiol groups is 1. The summed E-state index contributed by atoms with van der Waals surface area (Å²) in [6, 6.07) is -0.628. The number of rotatable bonds is 5. The molecule has 0 bridgehead atoms. The average Bonchev–Trinajstić information content (AvgIpc) is 2.61. The largest absolute Gasteiger partial charge is 0.464 e. The number of hydrogen-bond acceptors (Lipinski definition) is 4. The average molecular weight is 273 g/mol. The molecule has 1 fully saturated rings. The van der Waals surface area contributed by atoms with E-state index in [1.54, 1.807) is 0 Å². The van der Waals surface area contributed by atoms with Crippen LogP contribution in [0.5, 0.6) is 0 Å². The normalized spacial score (nSPS) is 18.8. The van der Waals surface area contributed by atoms with E-state index in [0.717, 1.165) is 12.8 Å². The van der Waals surface area contributed by atoms with Crippen LogP contribution < -0.4 is 5.32 Å². The summed E-state index contributed by atoms with van der Waals surface area (Å²) in [5.41, 5.74) is 0. The first-order valence-corrected chi connectivity index (χ1v) is 7.31. The van der Waals surface area contributed by atoms with E-state index >= 15 is 0 Å². The highest BCUT2D eigenvalue weighted by Crippen LogP contribution is 2.23. The molecule has 1 saturated carbocycles. The maximum Gasteiger partial charge on any atom is 0.329 e. The Hall–Kier alpha value is -0.710. The summed E-state index contributed by atoms with van der Waals surface area (Å²) in [5, 5.41) is 2.54. The van der Waals surface area contributed by atoms with Gasteiger partial charge < -0.3 is 10.1 Å². The molecule has 5 heteroatoms. The first-order chi connectivity index (χ1) is 8.63. The van der Waals surface area contributed by atoms with Crippen molar-refractivity contribution in [1.82, 2.24) is 5.32 Å². The maximum absolute atomic E-state index is 11.8. The van der Waals surface area contributed by atoms with Gasteiger partial charge in [0.2, 0.25) is 5.91 Å². The third-order valence-corrected chi connectivity index (χ3v) is 3.65. The van der Waals surface area contributed by atoms with Gasteiger partial charge in [-0.05, 0) is 18.8 Å². The first kappa shape index (κ1) is 15.3. The van der Waals surface area contributed by atoms with Crippen LogP contribution in [0, 0.1) is 5.92 Å². The fourth-order valence-corrected chi connectivity index (χ4v) is 2.50. The molecule has 0 unspecified atom stereocenters. The number of carbonyl (C=O) groups excluding carboxylic acids is 2. The molecule has 1 N–H and O–H groups in total. The summed E-state index contributed by atoms with van der Waals surface area (Å²) in [6.07, 6.45) is 7.30. The monoisotopic (exact) mass is 273 g/mol. The topological polar surface area (TPSA) is 55.4 Å². The van der Waals surface area contributed by atoms with Crippen molar-refractivity contribution in [2.45, 2.75) is 51.5 Å². The van der Waals surface area contributed by atoms with Crippen molar-refractivity contribution in [3.05, 3.63) is 0 Å². The smallest absolute Gasteiger partial charge is 0.329 e. The molecule has 0 aromatic rings. The molecule has 0 heterocycles. The van der Waals surface area contributed by atoms with Gasteiger partial charge in [-0.3, -0.25) is 4.79 Å². The van der Waals surface area contributed by atoms with E-state index in [0.29, 0.717) is 12.5 Å². The zero-order valence-corrected chi connectivity index (χ0v) is 11.9. The Bertz CT molecular complexity index is 275. The molecule has 1 amide bonds. The van der Waals surface area contributed by atoms with Gasteiger partial charge in [0.1, 0.15) is 6.04 Å². The van der Waals surface area contributed by atoms with Crippen LogP contribution in [0.25, 0.3) is 0 Å². The molecule has 18 heavy (non-hydrogen) atoms. The van der Waals surface area contributed by atoms with Crippen LogP contribution in [0.1, 0.15) is 45.4 Å². The minimum Gasteiger partial charge on any atom is -0.464 e. The fourth-order valence-electron chi connectivity index (χ4n) is 2.26. The molecule has 4 nitrogen and oxygen atoms in total. The van der Waals surface area contributed by atoms with Gasteiger partial charge in [-0.15, -0.1) is 0 Å². The number of nitrogens with one attached hydrogen (secondary N) is 1. The van der Waals surface area contributed by atoms with Crippen LogP contribution in [0.15, 0.2) is 0 Å². The summed E-state index contributed by atoms with van der Waals surface area (Å²) in [4.78, 5) is 22.7. The van der Waals surface area contributed by atoms with E-state index in [2.05, 4.69) is 17.9 Å². The second-order valence-corrected chi connectivity index (χ2v) is 5.29. The van der Waals surface area contributed by atoms with Crippen molar-refractivity contribution in [3.8, 4) is 0 Å². The molecule has 0 aromatic heterocycles. The van der Waals surface area contributed by atoms with Gasteiger partial charge in [-0.2, -0.15) is 12.6 Å². The summed E-state index contributed by atoms with van der Waals surface area (Å²) < 4.78 is 5.29. The lowest BCUT2D eigenvalue weighted by Crippen LogP contribution is -2.42. The van der Waals surface area contributed by atoms with E-state index < -0.39 is 6.04 Å². The van der Waals surface area contributed by atoms with E-state index in [-0.39, 0.29) is 17.6 Å². The summed E-state index contributed by atoms with van der Waals surface area (Å²) >= 11 is 4.05. The van der Waals surface area contributed by atoms with Gasteiger partial charge in [-0.1, -0.05) is 25.7 Å². The molecule has 0 saturated heterocycles. The zero-order valence-electron chi connectivity index (χ0n) is 11.0. The van der Waals surface area contributed by atoms with Crippen molar-refractivity contribution in [2.24, 2.45) is 5.92 Å². The Balaban J connectivity index is 2.31. The van der Waals surface area contributed by atoms with Gasteiger partial charge in [0.25, 0.3) is 0 Å². The van der Waals surface area contributed by atoms with Crippen LogP contribution >= 0.6 is 12.6 Å². The minimum absolute atomic E-state index is 0.236. The second-order valence-electron chi connectivity index (χ2n) is 4.92. The van der Waals surface area contributed by atoms with Gasteiger partial charge in [0.15, 0.2) is 0 Å². The zero-order chi connectivity index (χ0) is 13.4. The van der Waals surface area contributed by atoms with Crippen LogP contribution in [-0.2, 0) is 14.3 Å². The molecule has 1 aliphatic carbocycles. The summed E-state index contributed by atoms with van der Waals surface area (Å²) in [7, 11) is 0. The van der Waals surface area contributed by atoms with Crippen LogP contribution in [0.2, 0.25) is 0 Å². The standard InChI is InChI=1S/C13H23NO3S/c1-10(15)14-12(9-18)13(16)17-8-11-6-4-2-3-5-7-11/h11-12,18H,2-9H2,1H3,(H,14,15)/t12-/m0/s1. The Morgan fingerprint density at radius 3 is 2.39 bits per heavy atom. The fraction of sp³-hybridized carbons (Fsp3) is 0.846. The number of hydrogen-bond donors (Lipinski definition) is 2. The van der Waals surface area contributed by atoms with Crippen molar-refractivity contribution < 1.29 is 14.3 Å². The van der Waals surface area contributed by atoms with Crippen molar-refractivity contribution in [3.63, 3.8) is 0 Å². The molecular weight excluding hydrogens is 250 g/mol. The lowest BCUT2D eigenvalue weighted by Gasteiger charge is -2.18.